The van der Waals surface area contributed by atoms with Crippen molar-refractivity contribution in [1.82, 2.24) is 4.90 Å². The van der Waals surface area contributed by atoms with Crippen LogP contribution < -0.4 is 5.11 Å². The summed E-state index contributed by atoms with van der Waals surface area (Å²) in [7, 11) is 0. The summed E-state index contributed by atoms with van der Waals surface area (Å²) < 4.78 is 6.06. The van der Waals surface area contributed by atoms with Crippen LogP contribution in [0.2, 0.25) is 5.02 Å². The third-order valence-corrected chi connectivity index (χ3v) is 5.35. The van der Waals surface area contributed by atoms with Gasteiger partial charge >= 0.3 is 0 Å². The summed E-state index contributed by atoms with van der Waals surface area (Å²) in [5, 5.41) is 11.2. The molecule has 0 N–H and O–H groups in total. The Morgan fingerprint density at radius 2 is 2.15 bits per heavy atom. The lowest BCUT2D eigenvalue weighted by Gasteiger charge is -2.14. The first kappa shape index (κ1) is 18.8. The van der Waals surface area contributed by atoms with Crippen molar-refractivity contribution in [2.75, 3.05) is 13.2 Å². The minimum absolute atomic E-state index is 0.250. The summed E-state index contributed by atoms with van der Waals surface area (Å²) in [6.07, 6.45) is 1.57. The highest BCUT2D eigenvalue weighted by molar-refractivity contribution is 8.26. The third kappa shape index (κ3) is 3.91. The van der Waals surface area contributed by atoms with E-state index in [1.165, 1.54) is 0 Å². The highest BCUT2D eigenvalue weighted by Crippen LogP contribution is 2.34. The van der Waals surface area contributed by atoms with E-state index in [9.17, 15) is 14.7 Å². The maximum absolute atomic E-state index is 12.4. The summed E-state index contributed by atoms with van der Waals surface area (Å²) in [4.78, 5) is 25.2. The minimum atomic E-state index is -0.878. The molecule has 0 unspecified atom stereocenters. The van der Waals surface area contributed by atoms with Gasteiger partial charge in [-0.2, -0.15) is 0 Å². The third-order valence-electron chi connectivity index (χ3n) is 3.73. The molecule has 0 bridgehead atoms. The molecule has 2 aromatic rings. The Labute approximate surface area is 164 Å². The van der Waals surface area contributed by atoms with Gasteiger partial charge in [-0.05, 0) is 36.8 Å². The number of carbonyl (C=O) groups excluding carboxylic acids is 2. The van der Waals surface area contributed by atoms with Gasteiger partial charge in [-0.3, -0.25) is 14.5 Å². The van der Waals surface area contributed by atoms with E-state index in [1.807, 2.05) is 19.1 Å². The lowest BCUT2D eigenvalue weighted by atomic mass is 10.1. The summed E-state index contributed by atoms with van der Waals surface area (Å²) in [6, 6.07) is 9.06. The Kier molecular flexibility index (Phi) is 5.62. The molecule has 0 saturated carbocycles. The van der Waals surface area contributed by atoms with Crippen LogP contribution in [0.1, 0.15) is 11.3 Å². The van der Waals surface area contributed by atoms with E-state index in [0.29, 0.717) is 21.4 Å². The Bertz CT molecular complexity index is 935. The van der Waals surface area contributed by atoms with Gasteiger partial charge in [0.1, 0.15) is 21.6 Å². The van der Waals surface area contributed by atoms with Gasteiger partial charge in [0.2, 0.25) is 0 Å². The lowest BCUT2D eigenvalue weighted by Crippen LogP contribution is -2.36. The van der Waals surface area contributed by atoms with Gasteiger partial charge in [0.05, 0.1) is 11.4 Å². The number of nitrogens with zero attached hydrogens (tertiary/aromatic N) is 1. The molecule has 8 heteroatoms. The summed E-state index contributed by atoms with van der Waals surface area (Å²) in [5.74, 6) is 0.126. The molecule has 3 rings (SSSR count). The standard InChI is InChI=1S/C18H13ClNO4S2/c1-10-2-3-11(19)6-14(10)15-5-4-13(24-15)7-16-17(23)20(18(25)26-16)8-12(22)9-21/h2-7H,8-9H2,1H3/q-1/b16-7-. The largest absolute Gasteiger partial charge is 0.849 e. The zero-order valence-electron chi connectivity index (χ0n) is 13.7. The first-order valence-electron chi connectivity index (χ1n) is 7.60. The van der Waals surface area contributed by atoms with Crippen LogP contribution in [-0.4, -0.2) is 34.1 Å². The van der Waals surface area contributed by atoms with Crippen molar-refractivity contribution in [2.45, 2.75) is 6.92 Å². The number of thioether (sulfide) groups is 1. The van der Waals surface area contributed by atoms with Gasteiger partial charge in [0.15, 0.2) is 0 Å². The number of halogens is 1. The molecule has 0 aliphatic carbocycles. The van der Waals surface area contributed by atoms with Gasteiger partial charge in [0.25, 0.3) is 5.91 Å². The molecular weight excluding hydrogens is 394 g/mol. The van der Waals surface area contributed by atoms with Crippen LogP contribution in [0, 0.1) is 6.92 Å². The van der Waals surface area contributed by atoms with E-state index >= 15 is 0 Å². The minimum Gasteiger partial charge on any atom is -0.849 e. The number of hydrogen-bond acceptors (Lipinski definition) is 6. The first-order valence-corrected chi connectivity index (χ1v) is 9.21. The Morgan fingerprint density at radius 1 is 1.38 bits per heavy atom. The Morgan fingerprint density at radius 3 is 2.88 bits per heavy atom. The lowest BCUT2D eigenvalue weighted by molar-refractivity contribution is -0.354. The SMILES string of the molecule is Cc1ccc(Cl)cc1-c1ccc(/C=C2\SC(=S)N(CC(=O)C[O-])C2=O)o1. The number of Topliss-reactive ketones (excluding diaryl/α,β-unsaturated/α-hetero) is 1. The molecule has 0 spiro atoms. The van der Waals surface area contributed by atoms with E-state index in [-0.39, 0.29) is 10.9 Å². The molecule has 0 atom stereocenters. The summed E-state index contributed by atoms with van der Waals surface area (Å²) >= 11 is 12.2. The fourth-order valence-corrected chi connectivity index (χ4v) is 3.83. The van der Waals surface area contributed by atoms with E-state index in [2.05, 4.69) is 0 Å². The van der Waals surface area contributed by atoms with Crippen LogP contribution >= 0.6 is 35.6 Å². The van der Waals surface area contributed by atoms with Gasteiger partial charge in [0, 0.05) is 16.7 Å². The molecule has 1 aliphatic heterocycles. The first-order chi connectivity index (χ1) is 12.4. The van der Waals surface area contributed by atoms with Crippen molar-refractivity contribution in [3.8, 4) is 11.3 Å². The highest BCUT2D eigenvalue weighted by Gasteiger charge is 2.33. The number of thiocarbonyl (C=S) groups is 1. The van der Waals surface area contributed by atoms with Gasteiger partial charge < -0.3 is 9.52 Å². The summed E-state index contributed by atoms with van der Waals surface area (Å²) in [5.41, 5.74) is 1.88. The Hall–Kier alpha value is -1.93. The van der Waals surface area contributed by atoms with Crippen molar-refractivity contribution in [2.24, 2.45) is 0 Å². The quantitative estimate of drug-likeness (QED) is 0.561. The number of aryl methyl sites for hydroxylation is 1. The van der Waals surface area contributed by atoms with E-state index < -0.39 is 18.3 Å². The fraction of sp³-hybridized carbons (Fsp3) is 0.167. The monoisotopic (exact) mass is 406 g/mol. The topological polar surface area (TPSA) is 73.6 Å². The number of ketones is 1. The average molecular weight is 407 g/mol. The van der Waals surface area contributed by atoms with Crippen LogP contribution in [0.5, 0.6) is 0 Å². The molecule has 2 heterocycles. The normalized spacial score (nSPS) is 16.0. The zero-order valence-corrected chi connectivity index (χ0v) is 16.0. The Balaban J connectivity index is 1.84. The van der Waals surface area contributed by atoms with Crippen LogP contribution in [0.15, 0.2) is 39.7 Å². The predicted octanol–water partition coefficient (Wildman–Crippen LogP) is 3.04. The van der Waals surface area contributed by atoms with Crippen LogP contribution in [0.3, 0.4) is 0 Å². The molecule has 1 aliphatic rings. The van der Waals surface area contributed by atoms with Crippen LogP contribution in [0.4, 0.5) is 0 Å². The smallest absolute Gasteiger partial charge is 0.266 e. The molecular formula is C18H13ClNO4S2-. The molecule has 26 heavy (non-hydrogen) atoms. The molecule has 1 saturated heterocycles. The molecule has 0 radical (unpaired) electrons. The number of amides is 1. The number of hydrogen-bond donors (Lipinski definition) is 0. The van der Waals surface area contributed by atoms with Crippen molar-refractivity contribution < 1.29 is 19.1 Å². The average Bonchev–Trinajstić information content (AvgIpc) is 3.17. The van der Waals surface area contributed by atoms with Crippen molar-refractivity contribution >= 4 is 57.7 Å². The second-order valence-electron chi connectivity index (χ2n) is 5.61. The van der Waals surface area contributed by atoms with Crippen molar-refractivity contribution in [3.05, 3.63) is 51.6 Å². The maximum Gasteiger partial charge on any atom is 0.266 e. The number of carbonyl (C=O) groups is 2. The molecule has 134 valence electrons. The number of benzene rings is 1. The molecule has 1 fully saturated rings. The van der Waals surface area contributed by atoms with E-state index in [1.54, 1.807) is 24.3 Å². The van der Waals surface area contributed by atoms with Gasteiger partial charge in [-0.25, -0.2) is 0 Å². The molecule has 5 nitrogen and oxygen atoms in total. The van der Waals surface area contributed by atoms with Crippen molar-refractivity contribution in [3.63, 3.8) is 0 Å². The van der Waals surface area contributed by atoms with Gasteiger partial charge in [-0.15, -0.1) is 0 Å². The fourth-order valence-electron chi connectivity index (χ4n) is 2.42. The zero-order chi connectivity index (χ0) is 18.8. The molecule has 1 aromatic heterocycles. The second-order valence-corrected chi connectivity index (χ2v) is 7.72. The highest BCUT2D eigenvalue weighted by atomic mass is 35.5. The van der Waals surface area contributed by atoms with Crippen LogP contribution in [-0.2, 0) is 9.59 Å². The second kappa shape index (κ2) is 7.75. The maximum atomic E-state index is 12.4. The van der Waals surface area contributed by atoms with Crippen molar-refractivity contribution in [1.29, 1.82) is 0 Å². The van der Waals surface area contributed by atoms with Crippen LogP contribution in [0.25, 0.3) is 17.4 Å². The predicted molar refractivity (Wildman–Crippen MR) is 104 cm³/mol. The van der Waals surface area contributed by atoms with E-state index in [0.717, 1.165) is 27.8 Å². The van der Waals surface area contributed by atoms with Gasteiger partial charge in [-0.1, -0.05) is 48.3 Å². The number of furan rings is 1. The molecule has 1 amide bonds. The molecule has 1 aromatic carbocycles. The number of rotatable bonds is 5. The van der Waals surface area contributed by atoms with E-state index in [4.69, 9.17) is 28.2 Å². The summed E-state index contributed by atoms with van der Waals surface area (Å²) in [6.45, 7) is 0.777.